The van der Waals surface area contributed by atoms with Crippen LogP contribution in [0.3, 0.4) is 0 Å². The number of rotatable bonds is 8. The summed E-state index contributed by atoms with van der Waals surface area (Å²) in [6.07, 6.45) is 1.95. The summed E-state index contributed by atoms with van der Waals surface area (Å²) in [5.41, 5.74) is 21.9. The third kappa shape index (κ3) is 11.2. The molecule has 0 amide bonds. The van der Waals surface area contributed by atoms with Crippen LogP contribution >= 0.6 is 0 Å². The average molecular weight is 1340 g/mol. The monoisotopic (exact) mass is 1340 g/mol. The molecule has 1 aliphatic heterocycles. The molecule has 446 valence electrons. The van der Waals surface area contributed by atoms with Crippen LogP contribution < -0.4 is 14.5 Å². The standard InChI is InChI=1S/C82H75N5O.Pt/c1-79(2,3)57-44-45-83-77(51-57)87-73-39-24-21-33-68(73)67-32-19-22-37-71(67)86(62-48-58(80(4,5)6)46-59(49-62)81(7,8)9)72-38-23-20-34-69(72)70-43-42-63(53-76(70)87)88-64-50-60(82(10,11)12)47-61(52-64)84-54-85(75-41-26-25-40-74(75)84)78-65(55-28-15-13-16-29-55)35-27-36-66(78)56-30-17-14-18-31-56;/h13-51H,1-12H3;/q-2;. The molecular weight excluding hydrogens is 1270 g/mol. The maximum atomic E-state index is 7.35. The predicted molar refractivity (Wildman–Crippen MR) is 367 cm³/mol. The van der Waals surface area contributed by atoms with Gasteiger partial charge in [0, 0.05) is 17.4 Å². The molecule has 0 N–H and O–H groups in total. The molecule has 6 nitrogen and oxygen atoms in total. The van der Waals surface area contributed by atoms with Gasteiger partial charge in [0.1, 0.15) is 0 Å². The summed E-state index contributed by atoms with van der Waals surface area (Å²) < 4.78 is 13.1. The van der Waals surface area contributed by atoms with E-state index in [-0.39, 0.29) is 21.7 Å². The fourth-order valence-electron chi connectivity index (χ4n) is 12.3. The van der Waals surface area contributed by atoms with Gasteiger partial charge in [-0.3, -0.25) is 0 Å². The first-order chi connectivity index (χ1) is 42.6. The molecule has 0 saturated carbocycles. The molecule has 0 saturated heterocycles. The van der Waals surface area contributed by atoms with Crippen molar-refractivity contribution in [1.29, 1.82) is 0 Å². The molecule has 10 aromatic carbocycles. The molecule has 89 heavy (non-hydrogen) atoms. The molecule has 2 aromatic heterocycles. The van der Waals surface area contributed by atoms with Crippen molar-refractivity contribution < 1.29 is 24.1 Å². The number of benzene rings is 10. The van der Waals surface area contributed by atoms with Crippen molar-refractivity contribution in [1.82, 2.24) is 14.1 Å². The van der Waals surface area contributed by atoms with E-state index in [1.54, 1.807) is 0 Å². The van der Waals surface area contributed by atoms with Gasteiger partial charge in [0.05, 0.1) is 5.69 Å². The van der Waals surface area contributed by atoms with E-state index in [0.717, 1.165) is 111 Å². The third-order valence-electron chi connectivity index (χ3n) is 17.2. The Morgan fingerprint density at radius 2 is 0.831 bits per heavy atom. The third-order valence-corrected chi connectivity index (χ3v) is 18.2. The summed E-state index contributed by atoms with van der Waals surface area (Å²) in [5.74, 6) is 1.89. The van der Waals surface area contributed by atoms with Crippen molar-refractivity contribution in [2.45, 2.75) is 105 Å². The minimum atomic E-state index is -0.268. The van der Waals surface area contributed by atoms with Gasteiger partial charge < -0.3 is 4.90 Å². The van der Waals surface area contributed by atoms with Crippen molar-refractivity contribution in [2.75, 3.05) is 9.80 Å². The number of hydrogen-bond donors (Lipinski definition) is 0. The van der Waals surface area contributed by atoms with Crippen molar-refractivity contribution in [3.63, 3.8) is 0 Å². The molecule has 0 radical (unpaired) electrons. The maximum absolute atomic E-state index is 7.35. The Hall–Kier alpha value is -9.09. The number of nitrogens with zero attached hydrogens (tertiary/aromatic N) is 5. The average Bonchev–Trinajstić information content (AvgIpc) is 1.88. The van der Waals surface area contributed by atoms with Crippen LogP contribution in [-0.2, 0) is 41.0 Å². The van der Waals surface area contributed by atoms with Gasteiger partial charge in [0.2, 0.25) is 0 Å². The number of imidazole rings is 1. The summed E-state index contributed by atoms with van der Waals surface area (Å²) in [6, 6.07) is 91.4. The number of pyridine rings is 1. The Labute approximate surface area is 536 Å². The van der Waals surface area contributed by atoms with E-state index < -0.39 is 0 Å². The zero-order valence-corrected chi connectivity index (χ0v) is 55.2. The summed E-state index contributed by atoms with van der Waals surface area (Å²) >= 11 is 2.53. The molecule has 3 heterocycles. The molecule has 0 bridgehead atoms. The van der Waals surface area contributed by atoms with Crippen molar-refractivity contribution in [3.8, 4) is 67.4 Å². The molecule has 13 rings (SSSR count). The van der Waals surface area contributed by atoms with Gasteiger partial charge in [0.25, 0.3) is 0 Å². The van der Waals surface area contributed by atoms with Crippen LogP contribution in [0.15, 0.2) is 237 Å². The molecule has 7 heteroatoms. The first-order valence-electron chi connectivity index (χ1n) is 30.9. The van der Waals surface area contributed by atoms with Crippen LogP contribution in [-0.4, -0.2) is 14.1 Å². The second-order valence-corrected chi connectivity index (χ2v) is 28.5. The van der Waals surface area contributed by atoms with Crippen molar-refractivity contribution >= 4 is 45.3 Å². The zero-order valence-electron chi connectivity index (χ0n) is 53.0. The van der Waals surface area contributed by atoms with E-state index in [2.05, 4.69) is 364 Å². The van der Waals surface area contributed by atoms with Gasteiger partial charge in [-0.05, 0) is 63.3 Å². The predicted octanol–water partition coefficient (Wildman–Crippen LogP) is 22.4. The number of ether oxygens (including phenoxy) is 1. The molecule has 0 spiro atoms. The Balaban J connectivity index is 1.05. The van der Waals surface area contributed by atoms with Crippen molar-refractivity contribution in [3.05, 3.63) is 275 Å². The van der Waals surface area contributed by atoms with Crippen LogP contribution in [0.2, 0.25) is 0 Å². The van der Waals surface area contributed by atoms with E-state index >= 15 is 0 Å². The molecule has 0 unspecified atom stereocenters. The fraction of sp³-hybridized carbons (Fsp3) is 0.195. The van der Waals surface area contributed by atoms with Gasteiger partial charge in [-0.1, -0.05) is 117 Å². The summed E-state index contributed by atoms with van der Waals surface area (Å²) in [6.45, 7) is 27.4. The van der Waals surface area contributed by atoms with E-state index in [9.17, 15) is 0 Å². The molecule has 1 aliphatic rings. The summed E-state index contributed by atoms with van der Waals surface area (Å²) in [4.78, 5) is 10.1. The first kappa shape index (κ1) is 58.9. The Kier molecular flexibility index (Phi) is 15.1. The van der Waals surface area contributed by atoms with Crippen LogP contribution in [0.5, 0.6) is 11.5 Å². The van der Waals surface area contributed by atoms with Crippen LogP contribution in [0.25, 0.3) is 66.9 Å². The fourth-order valence-corrected chi connectivity index (χ4v) is 13.4. The number of anilines is 6. The second kappa shape index (κ2) is 22.8. The minimum absolute atomic E-state index is 0.117. The number of para-hydroxylation sites is 6. The Morgan fingerprint density at radius 3 is 1.37 bits per heavy atom. The van der Waals surface area contributed by atoms with Crippen molar-refractivity contribution in [2.24, 2.45) is 0 Å². The van der Waals surface area contributed by atoms with Gasteiger partial charge in [-0.25, -0.2) is 0 Å². The quantitative estimate of drug-likeness (QED) is 0.142. The molecule has 0 aliphatic carbocycles. The van der Waals surface area contributed by atoms with E-state index in [4.69, 9.17) is 9.72 Å². The van der Waals surface area contributed by atoms with Gasteiger partial charge >= 0.3 is 332 Å². The van der Waals surface area contributed by atoms with Gasteiger partial charge in [-0.15, -0.1) is 0 Å². The van der Waals surface area contributed by atoms with Gasteiger partial charge in [0.15, 0.2) is 0 Å². The molecule has 0 fully saturated rings. The Bertz CT molecular complexity index is 4630. The van der Waals surface area contributed by atoms with Crippen LogP contribution in [0.4, 0.5) is 34.3 Å². The number of hydrogen-bond acceptors (Lipinski definition) is 4. The number of aromatic nitrogens is 3. The first-order valence-corrected chi connectivity index (χ1v) is 32.0. The molecule has 0 atom stereocenters. The summed E-state index contributed by atoms with van der Waals surface area (Å²) in [5, 5.41) is 0. The van der Waals surface area contributed by atoms with Crippen LogP contribution in [0, 0.1) is 15.9 Å². The SMILES string of the molecule is CC(C)(C)c1cc(Oc2[c-]c3c(cc2)-c2ccccc2N(c2cc(C(C)(C)C)cc(C(C)(C)C)c2)c2ccccc2-c2ccccc2N3c2cc(C(C)(C)C)ccn2)[c-]c(-n2[c](=[Pt])n(-c3c(-c4ccccc4)cccc3-c3ccccc3)c3ccccc32)c1. The van der Waals surface area contributed by atoms with E-state index in [1.807, 2.05) is 6.20 Å². The zero-order chi connectivity index (χ0) is 62.1. The number of fused-ring (bicyclic) bond motifs is 7. The molecule has 12 aromatic rings. The van der Waals surface area contributed by atoms with Crippen LogP contribution in [0.1, 0.15) is 105 Å². The van der Waals surface area contributed by atoms with Gasteiger partial charge in [-0.2, -0.15) is 0 Å². The molecular formula is C82H75N5OPt-2. The topological polar surface area (TPSA) is 38.5 Å². The normalized spacial score (nSPS) is 12.7. The Morgan fingerprint density at radius 1 is 0.371 bits per heavy atom. The summed E-state index contributed by atoms with van der Waals surface area (Å²) in [7, 11) is 0. The van der Waals surface area contributed by atoms with E-state index in [0.29, 0.717) is 11.5 Å². The van der Waals surface area contributed by atoms with E-state index in [1.165, 1.54) is 16.7 Å². The second-order valence-electron chi connectivity index (χ2n) is 27.5.